The highest BCUT2D eigenvalue weighted by molar-refractivity contribution is 7.80. The predicted octanol–water partition coefficient (Wildman–Crippen LogP) is 2.56. The van der Waals surface area contributed by atoms with Gasteiger partial charge in [-0.15, -0.1) is 0 Å². The van der Waals surface area contributed by atoms with Crippen LogP contribution >= 0.6 is 12.2 Å². The Hall–Kier alpha value is -1.68. The molecule has 0 saturated heterocycles. The van der Waals surface area contributed by atoms with Gasteiger partial charge < -0.3 is 5.32 Å². The molecule has 0 saturated carbocycles. The summed E-state index contributed by atoms with van der Waals surface area (Å²) in [6.45, 7) is 4.70. The zero-order chi connectivity index (χ0) is 12.5. The highest BCUT2D eigenvalue weighted by Gasteiger charge is 1.89. The Morgan fingerprint density at radius 2 is 2.06 bits per heavy atom. The molecule has 0 amide bonds. The number of hydrazone groups is 1. The van der Waals surface area contributed by atoms with E-state index in [1.54, 1.807) is 0 Å². The van der Waals surface area contributed by atoms with Crippen LogP contribution in [0.5, 0.6) is 0 Å². The molecule has 0 atom stereocenters. The van der Waals surface area contributed by atoms with Crippen LogP contribution in [0.25, 0.3) is 6.08 Å². The molecule has 0 unspecified atom stereocenters. The van der Waals surface area contributed by atoms with Crippen LogP contribution in [0, 0.1) is 0 Å². The van der Waals surface area contributed by atoms with Gasteiger partial charge in [0, 0.05) is 6.54 Å². The Bertz CT molecular complexity index is 410. The second-order valence-corrected chi connectivity index (χ2v) is 3.88. The first kappa shape index (κ1) is 13.4. The molecule has 0 heterocycles. The molecule has 1 aromatic rings. The third-order valence-electron chi connectivity index (χ3n) is 1.99. The van der Waals surface area contributed by atoms with Gasteiger partial charge in [-0.2, -0.15) is 5.10 Å². The van der Waals surface area contributed by atoms with Crippen molar-refractivity contribution in [1.82, 2.24) is 10.7 Å². The molecule has 0 aromatic heterocycles. The van der Waals surface area contributed by atoms with Crippen molar-refractivity contribution in [1.29, 1.82) is 0 Å². The standard InChI is InChI=1S/C13H17N3S/c1-3-14-13(17)16-15-11(2)9-10-12-7-5-4-6-8-12/h4-10H,3H2,1-2H3,(H2,14,16,17)/b10-9+,15-11-. The zero-order valence-electron chi connectivity index (χ0n) is 10.1. The lowest BCUT2D eigenvalue weighted by Gasteiger charge is -2.03. The fraction of sp³-hybridized carbons (Fsp3) is 0.231. The molecule has 4 heteroatoms. The van der Waals surface area contributed by atoms with Crippen molar-refractivity contribution in [3.8, 4) is 0 Å². The first-order chi connectivity index (χ1) is 8.22. The number of nitrogens with zero attached hydrogens (tertiary/aromatic N) is 1. The summed E-state index contributed by atoms with van der Waals surface area (Å²) in [5, 5.41) is 7.64. The maximum absolute atomic E-state index is 5.00. The molecule has 0 aliphatic carbocycles. The molecule has 0 aliphatic heterocycles. The van der Waals surface area contributed by atoms with E-state index in [0.717, 1.165) is 17.8 Å². The van der Waals surface area contributed by atoms with Crippen molar-refractivity contribution in [2.24, 2.45) is 5.10 Å². The van der Waals surface area contributed by atoms with Crippen LogP contribution in [0.1, 0.15) is 19.4 Å². The quantitative estimate of drug-likeness (QED) is 0.488. The normalized spacial score (nSPS) is 11.5. The molecular weight excluding hydrogens is 230 g/mol. The van der Waals surface area contributed by atoms with E-state index in [1.165, 1.54) is 0 Å². The highest BCUT2D eigenvalue weighted by atomic mass is 32.1. The van der Waals surface area contributed by atoms with Crippen molar-refractivity contribution in [3.05, 3.63) is 42.0 Å². The van der Waals surface area contributed by atoms with Crippen LogP contribution < -0.4 is 10.7 Å². The maximum atomic E-state index is 5.00. The first-order valence-electron chi connectivity index (χ1n) is 5.53. The maximum Gasteiger partial charge on any atom is 0.186 e. The molecule has 0 fully saturated rings. The van der Waals surface area contributed by atoms with Gasteiger partial charge in [0.05, 0.1) is 5.71 Å². The molecule has 17 heavy (non-hydrogen) atoms. The fourth-order valence-corrected chi connectivity index (χ4v) is 1.35. The predicted molar refractivity (Wildman–Crippen MR) is 78.0 cm³/mol. The van der Waals surface area contributed by atoms with E-state index in [9.17, 15) is 0 Å². The van der Waals surface area contributed by atoms with Crippen LogP contribution in [-0.2, 0) is 0 Å². The van der Waals surface area contributed by atoms with Gasteiger partial charge >= 0.3 is 0 Å². The Morgan fingerprint density at radius 3 is 2.71 bits per heavy atom. The summed E-state index contributed by atoms with van der Waals surface area (Å²) < 4.78 is 0. The van der Waals surface area contributed by atoms with Crippen LogP contribution in [0.15, 0.2) is 41.5 Å². The van der Waals surface area contributed by atoms with E-state index in [-0.39, 0.29) is 0 Å². The molecule has 2 N–H and O–H groups in total. The number of hydrogen-bond donors (Lipinski definition) is 2. The number of hydrogen-bond acceptors (Lipinski definition) is 2. The van der Waals surface area contributed by atoms with E-state index in [4.69, 9.17) is 12.2 Å². The largest absolute Gasteiger partial charge is 0.362 e. The third kappa shape index (κ3) is 5.82. The average Bonchev–Trinajstić information content (AvgIpc) is 2.35. The summed E-state index contributed by atoms with van der Waals surface area (Å²) in [6, 6.07) is 10.1. The van der Waals surface area contributed by atoms with Gasteiger partial charge in [-0.05, 0) is 37.7 Å². The number of benzene rings is 1. The number of allylic oxidation sites excluding steroid dienone is 1. The third-order valence-corrected chi connectivity index (χ3v) is 2.22. The van der Waals surface area contributed by atoms with E-state index >= 15 is 0 Å². The number of thiocarbonyl (C=S) groups is 1. The van der Waals surface area contributed by atoms with E-state index in [2.05, 4.69) is 15.8 Å². The van der Waals surface area contributed by atoms with Gasteiger partial charge in [-0.1, -0.05) is 36.4 Å². The molecule has 3 nitrogen and oxygen atoms in total. The van der Waals surface area contributed by atoms with Crippen LogP contribution in [0.2, 0.25) is 0 Å². The lowest BCUT2D eigenvalue weighted by Crippen LogP contribution is -2.32. The molecule has 0 radical (unpaired) electrons. The minimum atomic E-state index is 0.542. The first-order valence-corrected chi connectivity index (χ1v) is 5.94. The topological polar surface area (TPSA) is 36.4 Å². The molecule has 0 aliphatic rings. The number of nitrogens with one attached hydrogen (secondary N) is 2. The smallest absolute Gasteiger partial charge is 0.186 e. The summed E-state index contributed by atoms with van der Waals surface area (Å²) in [5.41, 5.74) is 4.80. The molecule has 1 rings (SSSR count). The SMILES string of the molecule is CCNC(=S)N/N=C(C)\C=C\c1ccccc1. The lowest BCUT2D eigenvalue weighted by molar-refractivity contribution is 0.901. The van der Waals surface area contributed by atoms with Gasteiger partial charge in [0.15, 0.2) is 5.11 Å². The summed E-state index contributed by atoms with van der Waals surface area (Å²) >= 11 is 5.00. The molecule has 0 bridgehead atoms. The minimum Gasteiger partial charge on any atom is -0.362 e. The van der Waals surface area contributed by atoms with E-state index in [1.807, 2.05) is 56.3 Å². The van der Waals surface area contributed by atoms with Crippen molar-refractivity contribution in [2.75, 3.05) is 6.54 Å². The summed E-state index contributed by atoms with van der Waals surface area (Å²) in [5.74, 6) is 0. The molecular formula is C13H17N3S. The van der Waals surface area contributed by atoms with Crippen molar-refractivity contribution >= 4 is 29.1 Å². The van der Waals surface area contributed by atoms with E-state index < -0.39 is 0 Å². The lowest BCUT2D eigenvalue weighted by atomic mass is 10.2. The highest BCUT2D eigenvalue weighted by Crippen LogP contribution is 2.00. The fourth-order valence-electron chi connectivity index (χ4n) is 1.16. The Kier molecular flexibility index (Phi) is 5.96. The van der Waals surface area contributed by atoms with Crippen LogP contribution in [0.4, 0.5) is 0 Å². The molecule has 0 spiro atoms. The molecule has 90 valence electrons. The van der Waals surface area contributed by atoms with Gasteiger partial charge in [0.2, 0.25) is 0 Å². The monoisotopic (exact) mass is 247 g/mol. The van der Waals surface area contributed by atoms with Gasteiger partial charge in [0.25, 0.3) is 0 Å². The van der Waals surface area contributed by atoms with Crippen molar-refractivity contribution in [2.45, 2.75) is 13.8 Å². The summed E-state index contributed by atoms with van der Waals surface area (Å²) in [7, 11) is 0. The van der Waals surface area contributed by atoms with Crippen LogP contribution in [0.3, 0.4) is 0 Å². The minimum absolute atomic E-state index is 0.542. The van der Waals surface area contributed by atoms with Gasteiger partial charge in [-0.25, -0.2) is 0 Å². The summed E-state index contributed by atoms with van der Waals surface area (Å²) in [4.78, 5) is 0. The summed E-state index contributed by atoms with van der Waals surface area (Å²) in [6.07, 6.45) is 3.95. The second kappa shape index (κ2) is 7.57. The molecule has 1 aromatic carbocycles. The Balaban J connectivity index is 2.48. The average molecular weight is 247 g/mol. The van der Waals surface area contributed by atoms with Crippen molar-refractivity contribution in [3.63, 3.8) is 0 Å². The van der Waals surface area contributed by atoms with Gasteiger partial charge in [0.1, 0.15) is 0 Å². The van der Waals surface area contributed by atoms with Crippen LogP contribution in [-0.4, -0.2) is 17.4 Å². The second-order valence-electron chi connectivity index (χ2n) is 3.47. The van der Waals surface area contributed by atoms with Gasteiger partial charge in [-0.3, -0.25) is 5.43 Å². The van der Waals surface area contributed by atoms with Crippen molar-refractivity contribution < 1.29 is 0 Å². The van der Waals surface area contributed by atoms with E-state index in [0.29, 0.717) is 5.11 Å². The number of rotatable bonds is 4. The Labute approximate surface area is 108 Å². The Morgan fingerprint density at radius 1 is 1.35 bits per heavy atom. The zero-order valence-corrected chi connectivity index (χ0v) is 10.9.